The predicted octanol–water partition coefficient (Wildman–Crippen LogP) is 2.71. The molecule has 0 aliphatic heterocycles. The second kappa shape index (κ2) is 5.86. The molecule has 2 aromatic rings. The van der Waals surface area contributed by atoms with Crippen LogP contribution in [0.5, 0.6) is 0 Å². The van der Waals surface area contributed by atoms with Crippen LogP contribution >= 0.6 is 23.4 Å². The second-order valence-corrected chi connectivity index (χ2v) is 4.65. The number of nitrogens with one attached hydrogen (secondary N) is 1. The average Bonchev–Trinajstić information content (AvgIpc) is 2.38. The molecule has 0 saturated carbocycles. The fourth-order valence-corrected chi connectivity index (χ4v) is 2.33. The molecule has 0 fully saturated rings. The topological polar surface area (TPSA) is 63.8 Å². The summed E-state index contributed by atoms with van der Waals surface area (Å²) in [7, 11) is 0. The van der Waals surface area contributed by atoms with Crippen molar-refractivity contribution in [2.45, 2.75) is 10.8 Å². The van der Waals surface area contributed by atoms with Crippen LogP contribution in [0.4, 0.5) is 5.82 Å². The summed E-state index contributed by atoms with van der Waals surface area (Å²) in [4.78, 5) is 8.33. The Bertz CT molecular complexity index is 489. The van der Waals surface area contributed by atoms with E-state index < -0.39 is 0 Å². The molecule has 17 heavy (non-hydrogen) atoms. The Hall–Kier alpha value is -1.30. The van der Waals surface area contributed by atoms with Crippen LogP contribution < -0.4 is 11.3 Å². The van der Waals surface area contributed by atoms with Crippen molar-refractivity contribution in [2.75, 3.05) is 5.43 Å². The van der Waals surface area contributed by atoms with Crippen LogP contribution in [-0.4, -0.2) is 9.97 Å². The van der Waals surface area contributed by atoms with Gasteiger partial charge in [0.15, 0.2) is 0 Å². The fourth-order valence-electron chi connectivity index (χ4n) is 1.22. The molecule has 0 atom stereocenters. The van der Waals surface area contributed by atoms with Crippen LogP contribution in [0.15, 0.2) is 41.7 Å². The minimum atomic E-state index is 0.648. The second-order valence-electron chi connectivity index (χ2n) is 3.28. The highest BCUT2D eigenvalue weighted by Gasteiger charge is 2.02. The van der Waals surface area contributed by atoms with E-state index in [-0.39, 0.29) is 0 Å². The minimum absolute atomic E-state index is 0.648. The minimum Gasteiger partial charge on any atom is -0.308 e. The van der Waals surface area contributed by atoms with Crippen molar-refractivity contribution >= 4 is 29.2 Å². The summed E-state index contributed by atoms with van der Waals surface area (Å²) in [5.74, 6) is 6.66. The monoisotopic (exact) mass is 266 g/mol. The van der Waals surface area contributed by atoms with Crippen molar-refractivity contribution in [1.29, 1.82) is 0 Å². The highest BCUT2D eigenvalue weighted by atomic mass is 35.5. The summed E-state index contributed by atoms with van der Waals surface area (Å²) in [6.07, 6.45) is 3.51. The first-order valence-corrected chi connectivity index (χ1v) is 6.31. The average molecular weight is 267 g/mol. The molecule has 0 aliphatic rings. The highest BCUT2D eigenvalue weighted by Crippen LogP contribution is 2.27. The molecule has 2 heterocycles. The molecule has 0 aliphatic carbocycles. The lowest BCUT2D eigenvalue weighted by Crippen LogP contribution is -2.08. The Balaban J connectivity index is 2.00. The maximum atomic E-state index is 6.01. The lowest BCUT2D eigenvalue weighted by atomic mass is 10.3. The van der Waals surface area contributed by atoms with Gasteiger partial charge in [0.05, 0.1) is 5.02 Å². The van der Waals surface area contributed by atoms with E-state index in [1.165, 1.54) is 0 Å². The number of nitrogen functional groups attached to an aromatic ring is 1. The van der Waals surface area contributed by atoms with Crippen LogP contribution in [0.25, 0.3) is 0 Å². The molecule has 0 bridgehead atoms. The SMILES string of the molecule is NNc1ccc(CSc2ncccc2Cl)cn1. The van der Waals surface area contributed by atoms with Gasteiger partial charge in [-0.05, 0) is 23.8 Å². The molecule has 0 aromatic carbocycles. The number of thioether (sulfide) groups is 1. The quantitative estimate of drug-likeness (QED) is 0.506. The van der Waals surface area contributed by atoms with E-state index in [1.807, 2.05) is 24.3 Å². The van der Waals surface area contributed by atoms with Gasteiger partial charge in [-0.1, -0.05) is 17.7 Å². The standard InChI is InChI=1S/C11H11ClN4S/c12-9-2-1-5-14-11(9)17-7-8-3-4-10(16-13)15-6-8/h1-6H,7,13H2,(H,15,16). The summed E-state index contributed by atoms with van der Waals surface area (Å²) in [6.45, 7) is 0. The molecule has 3 N–H and O–H groups in total. The lowest BCUT2D eigenvalue weighted by molar-refractivity contribution is 1.13. The van der Waals surface area contributed by atoms with Crippen molar-refractivity contribution in [1.82, 2.24) is 9.97 Å². The molecule has 0 amide bonds. The molecule has 0 spiro atoms. The van der Waals surface area contributed by atoms with Crippen molar-refractivity contribution in [3.63, 3.8) is 0 Å². The summed E-state index contributed by atoms with van der Waals surface area (Å²) < 4.78 is 0. The van der Waals surface area contributed by atoms with E-state index in [1.54, 1.807) is 24.2 Å². The van der Waals surface area contributed by atoms with Crippen LogP contribution in [0, 0.1) is 0 Å². The highest BCUT2D eigenvalue weighted by molar-refractivity contribution is 7.98. The van der Waals surface area contributed by atoms with Gasteiger partial charge in [-0.3, -0.25) is 0 Å². The van der Waals surface area contributed by atoms with Crippen molar-refractivity contribution < 1.29 is 0 Å². The summed E-state index contributed by atoms with van der Waals surface area (Å²) in [5.41, 5.74) is 3.58. The number of aromatic nitrogens is 2. The fraction of sp³-hybridized carbons (Fsp3) is 0.0909. The number of hydrogen-bond acceptors (Lipinski definition) is 5. The summed E-state index contributed by atoms with van der Waals surface area (Å²) >= 11 is 7.59. The van der Waals surface area contributed by atoms with Crippen LogP contribution in [0.2, 0.25) is 5.02 Å². The number of rotatable bonds is 4. The molecular formula is C11H11ClN4S. The van der Waals surface area contributed by atoms with Crippen molar-refractivity contribution in [3.05, 3.63) is 47.2 Å². The first-order chi connectivity index (χ1) is 8.29. The van der Waals surface area contributed by atoms with Crippen molar-refractivity contribution in [3.8, 4) is 0 Å². The number of nitrogens with zero attached hydrogens (tertiary/aromatic N) is 2. The van der Waals surface area contributed by atoms with Crippen LogP contribution in [0.3, 0.4) is 0 Å². The van der Waals surface area contributed by atoms with Gasteiger partial charge in [-0.2, -0.15) is 0 Å². The third-order valence-corrected chi connectivity index (χ3v) is 3.57. The summed E-state index contributed by atoms with van der Waals surface area (Å²) in [6, 6.07) is 7.44. The molecule has 2 rings (SSSR count). The van der Waals surface area contributed by atoms with Gasteiger partial charge in [0.2, 0.25) is 0 Å². The molecule has 6 heteroatoms. The molecule has 88 valence electrons. The summed E-state index contributed by atoms with van der Waals surface area (Å²) in [5, 5.41) is 1.50. The maximum Gasteiger partial charge on any atom is 0.139 e. The van der Waals surface area contributed by atoms with Crippen molar-refractivity contribution in [2.24, 2.45) is 5.84 Å². The Morgan fingerprint density at radius 1 is 1.29 bits per heavy atom. The molecule has 2 aromatic heterocycles. The Morgan fingerprint density at radius 2 is 2.18 bits per heavy atom. The smallest absolute Gasteiger partial charge is 0.139 e. The van der Waals surface area contributed by atoms with Gasteiger partial charge in [0.1, 0.15) is 10.8 Å². The number of nitrogens with two attached hydrogens (primary N) is 1. The zero-order chi connectivity index (χ0) is 12.1. The Morgan fingerprint density at radius 3 is 2.82 bits per heavy atom. The van der Waals surface area contributed by atoms with E-state index in [0.29, 0.717) is 10.8 Å². The van der Waals surface area contributed by atoms with E-state index in [4.69, 9.17) is 17.4 Å². The number of hydrogen-bond donors (Lipinski definition) is 2. The normalized spacial score (nSPS) is 10.2. The van der Waals surface area contributed by atoms with Gasteiger partial charge >= 0.3 is 0 Å². The lowest BCUT2D eigenvalue weighted by Gasteiger charge is -2.03. The number of halogens is 1. The molecule has 0 unspecified atom stereocenters. The zero-order valence-electron chi connectivity index (χ0n) is 8.93. The van der Waals surface area contributed by atoms with E-state index >= 15 is 0 Å². The van der Waals surface area contributed by atoms with E-state index in [2.05, 4.69) is 15.4 Å². The van der Waals surface area contributed by atoms with Gasteiger partial charge in [0.25, 0.3) is 0 Å². The van der Waals surface area contributed by atoms with E-state index in [0.717, 1.165) is 16.3 Å². The van der Waals surface area contributed by atoms with Gasteiger partial charge in [-0.25, -0.2) is 15.8 Å². The Labute approximate surface area is 109 Å². The molecule has 0 saturated heterocycles. The first-order valence-electron chi connectivity index (χ1n) is 4.94. The van der Waals surface area contributed by atoms with Crippen LogP contribution in [0.1, 0.15) is 5.56 Å². The number of pyridine rings is 2. The third-order valence-electron chi connectivity index (χ3n) is 2.07. The number of anilines is 1. The maximum absolute atomic E-state index is 6.01. The van der Waals surface area contributed by atoms with Gasteiger partial charge in [-0.15, -0.1) is 11.8 Å². The Kier molecular flexibility index (Phi) is 4.19. The van der Waals surface area contributed by atoms with E-state index in [9.17, 15) is 0 Å². The molecule has 4 nitrogen and oxygen atoms in total. The molecular weight excluding hydrogens is 256 g/mol. The van der Waals surface area contributed by atoms with Gasteiger partial charge < -0.3 is 5.43 Å². The first kappa shape index (κ1) is 12.2. The molecule has 0 radical (unpaired) electrons. The largest absolute Gasteiger partial charge is 0.308 e. The number of hydrazine groups is 1. The van der Waals surface area contributed by atoms with Gasteiger partial charge in [0, 0.05) is 18.1 Å². The third kappa shape index (κ3) is 3.33. The van der Waals surface area contributed by atoms with Crippen LogP contribution in [-0.2, 0) is 5.75 Å². The zero-order valence-corrected chi connectivity index (χ0v) is 10.5. The predicted molar refractivity (Wildman–Crippen MR) is 70.9 cm³/mol.